The van der Waals surface area contributed by atoms with E-state index < -0.39 is 0 Å². The Bertz CT molecular complexity index is 4120. The number of ketones is 2. The van der Waals surface area contributed by atoms with Gasteiger partial charge in [-0.3, -0.25) is 9.59 Å². The van der Waals surface area contributed by atoms with E-state index in [2.05, 4.69) is 35.5 Å². The number of terminal acetylenes is 2. The van der Waals surface area contributed by atoms with Crippen molar-refractivity contribution in [3.8, 4) is 59.9 Å². The molecule has 0 aromatic heterocycles. The summed E-state index contributed by atoms with van der Waals surface area (Å²) < 4.78 is 6.60. The van der Waals surface area contributed by atoms with Gasteiger partial charge < -0.3 is 4.74 Å². The van der Waals surface area contributed by atoms with Crippen LogP contribution in [0.1, 0.15) is 77.9 Å². The Morgan fingerprint density at radius 2 is 0.432 bits per heavy atom. The first kappa shape index (κ1) is 50.4. The van der Waals surface area contributed by atoms with Gasteiger partial charge in [0.2, 0.25) is 0 Å². The second-order valence-electron chi connectivity index (χ2n) is 19.4. The van der Waals surface area contributed by atoms with Crippen molar-refractivity contribution in [1.82, 2.24) is 0 Å². The number of hydrogen-bond donors (Lipinski definition) is 0. The number of carbonyl (C=O) groups is 2. The number of Topliss-reactive ketones (excluding diaryl/α,β-unsaturated/α-hetero) is 2. The maximum absolute atomic E-state index is 15.2. The van der Waals surface area contributed by atoms with E-state index in [1.54, 1.807) is 0 Å². The van der Waals surface area contributed by atoms with Gasteiger partial charge in [-0.05, 0) is 142 Å². The van der Waals surface area contributed by atoms with Crippen molar-refractivity contribution in [1.29, 1.82) is 0 Å². The Kier molecular flexibility index (Phi) is 14.1. The molecule has 81 heavy (non-hydrogen) atoms. The summed E-state index contributed by atoms with van der Waals surface area (Å²) in [6.07, 6.45) is 11.7. The zero-order valence-electron chi connectivity index (χ0n) is 43.8. The molecule has 0 saturated carbocycles. The molecule has 0 atom stereocenters. The van der Waals surface area contributed by atoms with E-state index in [9.17, 15) is 0 Å². The molecular formula is C78H46O3. The van der Waals surface area contributed by atoms with Crippen LogP contribution in [0.15, 0.2) is 267 Å². The molecule has 2 aliphatic carbocycles. The van der Waals surface area contributed by atoms with Gasteiger partial charge in [-0.1, -0.05) is 205 Å². The van der Waals surface area contributed by atoms with Gasteiger partial charge in [0.25, 0.3) is 0 Å². The van der Waals surface area contributed by atoms with Gasteiger partial charge in [0.05, 0.1) is 0 Å². The molecular weight excluding hydrogens is 985 g/mol. The molecule has 0 N–H and O–H groups in total. The van der Waals surface area contributed by atoms with Gasteiger partial charge in [0.1, 0.15) is 11.5 Å². The number of carbonyl (C=O) groups excluding carboxylic acids is 2. The lowest BCUT2D eigenvalue weighted by molar-refractivity contribution is -0.109. The summed E-state index contributed by atoms with van der Waals surface area (Å²) in [5.74, 6) is 19.5. The highest BCUT2D eigenvalue weighted by Crippen LogP contribution is 2.52. The van der Waals surface area contributed by atoms with Crippen LogP contribution in [0.3, 0.4) is 0 Å². The lowest BCUT2D eigenvalue weighted by Crippen LogP contribution is -2.02. The highest BCUT2D eigenvalue weighted by molar-refractivity contribution is 6.60. The minimum atomic E-state index is -0.0812. The van der Waals surface area contributed by atoms with Gasteiger partial charge in [0, 0.05) is 78.0 Å². The predicted molar refractivity (Wildman–Crippen MR) is 330 cm³/mol. The molecule has 0 bridgehead atoms. The van der Waals surface area contributed by atoms with E-state index >= 15 is 9.59 Å². The number of hydrogen-bond acceptors (Lipinski definition) is 3. The highest BCUT2D eigenvalue weighted by atomic mass is 16.5. The maximum Gasteiger partial charge on any atom is 0.195 e. The topological polar surface area (TPSA) is 43.4 Å². The summed E-state index contributed by atoms with van der Waals surface area (Å²) in [7, 11) is 0. The predicted octanol–water partition coefficient (Wildman–Crippen LogP) is 16.5. The lowest BCUT2D eigenvalue weighted by atomic mass is 9.88. The summed E-state index contributed by atoms with van der Waals surface area (Å²) in [6.45, 7) is 0. The van der Waals surface area contributed by atoms with E-state index in [1.807, 2.05) is 267 Å². The first-order valence-electron chi connectivity index (χ1n) is 26.5. The normalized spacial score (nSPS) is 12.8. The van der Waals surface area contributed by atoms with Crippen LogP contribution in [0.5, 0.6) is 11.5 Å². The fraction of sp³-hybridized carbons (Fsp3) is 0. The Morgan fingerprint density at radius 3 is 0.704 bits per heavy atom. The summed E-state index contributed by atoms with van der Waals surface area (Å²) in [6, 6.07) is 86.5. The molecule has 0 amide bonds. The van der Waals surface area contributed by atoms with Crippen molar-refractivity contribution >= 4 is 56.2 Å². The molecule has 3 nitrogen and oxygen atoms in total. The molecule has 0 unspecified atom stereocenters. The molecule has 0 radical (unpaired) electrons. The molecule has 10 aromatic carbocycles. The summed E-state index contributed by atoms with van der Waals surface area (Å²) >= 11 is 0. The van der Waals surface area contributed by atoms with Crippen molar-refractivity contribution < 1.29 is 14.3 Å². The summed E-state index contributed by atoms with van der Waals surface area (Å²) in [4.78, 5) is 30.4. The molecule has 0 spiro atoms. The van der Waals surface area contributed by atoms with Gasteiger partial charge >= 0.3 is 0 Å². The molecule has 0 aliphatic heterocycles. The average Bonchev–Trinajstić information content (AvgIpc) is 4.22. The third-order valence-corrected chi connectivity index (χ3v) is 14.3. The lowest BCUT2D eigenvalue weighted by Gasteiger charge is -2.15. The van der Waals surface area contributed by atoms with Crippen molar-refractivity contribution in [3.05, 3.63) is 345 Å². The van der Waals surface area contributed by atoms with Crippen LogP contribution in [0.2, 0.25) is 0 Å². The molecule has 2 aliphatic rings. The van der Waals surface area contributed by atoms with Crippen molar-refractivity contribution in [2.45, 2.75) is 0 Å². The third-order valence-electron chi connectivity index (χ3n) is 14.3. The zero-order chi connectivity index (χ0) is 55.1. The van der Waals surface area contributed by atoms with Crippen LogP contribution in [0.25, 0.3) is 44.6 Å². The van der Waals surface area contributed by atoms with Crippen molar-refractivity contribution in [2.75, 3.05) is 0 Å². The largest absolute Gasteiger partial charge is 0.457 e. The smallest absolute Gasteiger partial charge is 0.195 e. The SMILES string of the molecule is C#Cc1ccc(C2=C(c3ccc(C#Cc4ccccc4)cc3)C(=O)C(c3ccccc3)=C2c2ccc(Oc3ccc(C4=C(c5ccccc5)C(=O)C(c5ccc(C#Cc6ccccc6)cc5)=C4c4ccc(C#C)cc4)cc3)cc2)cc1. The first-order valence-corrected chi connectivity index (χ1v) is 26.5. The Labute approximate surface area is 472 Å². The molecule has 3 heteroatoms. The van der Waals surface area contributed by atoms with E-state index in [0.29, 0.717) is 33.8 Å². The van der Waals surface area contributed by atoms with Crippen LogP contribution < -0.4 is 4.74 Å². The molecule has 376 valence electrons. The molecule has 10 aromatic rings. The van der Waals surface area contributed by atoms with Crippen molar-refractivity contribution in [3.63, 3.8) is 0 Å². The van der Waals surface area contributed by atoms with E-state index in [1.165, 1.54) is 0 Å². The number of ether oxygens (including phenoxy) is 1. The Balaban J connectivity index is 0.904. The minimum absolute atomic E-state index is 0.0812. The Hall–Kier alpha value is -11.5. The third kappa shape index (κ3) is 10.4. The van der Waals surface area contributed by atoms with Crippen LogP contribution in [-0.4, -0.2) is 11.6 Å². The van der Waals surface area contributed by atoms with E-state index in [0.717, 1.165) is 100 Å². The van der Waals surface area contributed by atoms with Gasteiger partial charge in [-0.15, -0.1) is 12.8 Å². The molecule has 0 fully saturated rings. The fourth-order valence-electron chi connectivity index (χ4n) is 10.4. The minimum Gasteiger partial charge on any atom is -0.457 e. The van der Waals surface area contributed by atoms with Crippen LogP contribution in [0, 0.1) is 48.4 Å². The zero-order valence-corrected chi connectivity index (χ0v) is 43.8. The van der Waals surface area contributed by atoms with Crippen LogP contribution in [-0.2, 0) is 9.59 Å². The molecule has 0 heterocycles. The average molecular weight is 1030 g/mol. The fourth-order valence-corrected chi connectivity index (χ4v) is 10.4. The highest BCUT2D eigenvalue weighted by Gasteiger charge is 2.37. The first-order chi connectivity index (χ1) is 39.9. The number of benzene rings is 10. The van der Waals surface area contributed by atoms with Crippen molar-refractivity contribution in [2.24, 2.45) is 0 Å². The molecule has 12 rings (SSSR count). The summed E-state index contributed by atoms with van der Waals surface area (Å²) in [5, 5.41) is 0. The second kappa shape index (κ2) is 22.6. The maximum atomic E-state index is 15.2. The molecule has 0 saturated heterocycles. The van der Waals surface area contributed by atoms with Gasteiger partial charge in [0.15, 0.2) is 11.6 Å². The second-order valence-corrected chi connectivity index (χ2v) is 19.4. The monoisotopic (exact) mass is 1030 g/mol. The van der Waals surface area contributed by atoms with Gasteiger partial charge in [-0.25, -0.2) is 0 Å². The summed E-state index contributed by atoms with van der Waals surface area (Å²) in [5.41, 5.74) is 17.2. The number of allylic oxidation sites excluding steroid dienone is 8. The quantitative estimate of drug-likeness (QED) is 0.128. The van der Waals surface area contributed by atoms with E-state index in [4.69, 9.17) is 17.6 Å². The van der Waals surface area contributed by atoms with Crippen LogP contribution >= 0.6 is 0 Å². The standard InChI is InChI=1S/C78H46O3/c1-3-53-29-37-61(38-30-53)69-71(73(59-21-13-7-14-22-59)77(79)75(69)65-41-33-57(34-42-65)27-25-55-17-9-5-10-18-55)63-45-49-67(50-46-63)81-68-51-47-64(48-52-68)72-70(62-39-31-54(4-2)32-40-62)76(78(80)74(72)60-23-15-8-16-24-60)66-43-35-58(36-44-66)28-26-56-19-11-6-12-20-56/h1-2,5-24,29-52H. The van der Waals surface area contributed by atoms with E-state index in [-0.39, 0.29) is 11.6 Å². The number of rotatable bonds is 10. The van der Waals surface area contributed by atoms with Crippen LogP contribution in [0.4, 0.5) is 0 Å². The Morgan fingerprint density at radius 1 is 0.222 bits per heavy atom. The van der Waals surface area contributed by atoms with Gasteiger partial charge in [-0.2, -0.15) is 0 Å².